The molecule has 134 valence electrons. The van der Waals surface area contributed by atoms with Crippen molar-refractivity contribution in [2.45, 2.75) is 6.73 Å². The van der Waals surface area contributed by atoms with Gasteiger partial charge in [-0.2, -0.15) is 0 Å². The molecule has 0 saturated carbocycles. The van der Waals surface area contributed by atoms with Gasteiger partial charge in [0.05, 0.1) is 17.7 Å². The molecule has 0 radical (unpaired) electrons. The van der Waals surface area contributed by atoms with Gasteiger partial charge in [-0.25, -0.2) is 9.59 Å². The molecule has 0 saturated heterocycles. The van der Waals surface area contributed by atoms with E-state index in [9.17, 15) is 14.4 Å². The Balaban J connectivity index is 1.89. The van der Waals surface area contributed by atoms with Gasteiger partial charge in [-0.1, -0.05) is 29.9 Å². The number of carbonyl (C=O) groups excluding carboxylic acids is 1. The summed E-state index contributed by atoms with van der Waals surface area (Å²) in [5, 5.41) is 3.24. The Morgan fingerprint density at radius 2 is 2.00 bits per heavy atom. The third kappa shape index (κ3) is 4.94. The molecule has 2 rings (SSSR count). The fourth-order valence-electron chi connectivity index (χ4n) is 1.93. The van der Waals surface area contributed by atoms with Crippen LogP contribution in [0.2, 0.25) is 0 Å². The van der Waals surface area contributed by atoms with Gasteiger partial charge in [0.2, 0.25) is 0 Å². The first-order valence-corrected chi connectivity index (χ1v) is 7.41. The second-order valence-electron chi connectivity index (χ2n) is 4.95. The molecule has 10 heteroatoms. The highest BCUT2D eigenvalue weighted by atomic mass is 16.6. The highest BCUT2D eigenvalue weighted by Crippen LogP contribution is 2.07. The Bertz CT molecular complexity index is 957. The van der Waals surface area contributed by atoms with Crippen LogP contribution >= 0.6 is 0 Å². The monoisotopic (exact) mass is 357 g/mol. The standard InChI is InChI=1S/C16H15N5O5/c1-11(19-20-17)13-9-21(16(24)18-14(13)22)10-25-7-8-26-15(23)12-5-3-2-4-6-12/h2-6,9H,1,7-8,10H2,(H,18,22,24). The van der Waals surface area contributed by atoms with E-state index in [0.717, 1.165) is 4.57 Å². The van der Waals surface area contributed by atoms with Crippen LogP contribution in [-0.4, -0.2) is 28.7 Å². The van der Waals surface area contributed by atoms with Gasteiger partial charge in [0, 0.05) is 16.8 Å². The van der Waals surface area contributed by atoms with Crippen molar-refractivity contribution < 1.29 is 14.3 Å². The molecule has 1 N–H and O–H groups in total. The van der Waals surface area contributed by atoms with Crippen molar-refractivity contribution in [2.24, 2.45) is 5.11 Å². The first kappa shape index (κ1) is 18.7. The van der Waals surface area contributed by atoms with Crippen molar-refractivity contribution in [3.8, 4) is 0 Å². The second-order valence-corrected chi connectivity index (χ2v) is 4.95. The third-order valence-corrected chi connectivity index (χ3v) is 3.19. The smallest absolute Gasteiger partial charge is 0.338 e. The molecule has 2 aromatic rings. The van der Waals surface area contributed by atoms with E-state index >= 15 is 0 Å². The summed E-state index contributed by atoms with van der Waals surface area (Å²) in [6, 6.07) is 8.48. The summed E-state index contributed by atoms with van der Waals surface area (Å²) >= 11 is 0. The number of hydrogen-bond acceptors (Lipinski definition) is 6. The maximum absolute atomic E-state index is 11.7. The fourth-order valence-corrected chi connectivity index (χ4v) is 1.93. The lowest BCUT2D eigenvalue weighted by Gasteiger charge is -2.09. The van der Waals surface area contributed by atoms with E-state index in [4.69, 9.17) is 15.0 Å². The van der Waals surface area contributed by atoms with Gasteiger partial charge in [-0.15, -0.1) is 0 Å². The molecule has 0 spiro atoms. The topological polar surface area (TPSA) is 139 Å². The summed E-state index contributed by atoms with van der Waals surface area (Å²) in [7, 11) is 0. The lowest BCUT2D eigenvalue weighted by atomic mass is 10.2. The van der Waals surface area contributed by atoms with E-state index in [1.807, 2.05) is 0 Å². The molecule has 0 amide bonds. The Labute approximate surface area is 146 Å². The molecular weight excluding hydrogens is 342 g/mol. The van der Waals surface area contributed by atoms with Gasteiger partial charge in [0.15, 0.2) is 0 Å². The molecule has 0 aliphatic carbocycles. The molecule has 0 unspecified atom stereocenters. The first-order valence-electron chi connectivity index (χ1n) is 7.41. The van der Waals surface area contributed by atoms with E-state index in [1.54, 1.807) is 30.3 Å². The van der Waals surface area contributed by atoms with Crippen LogP contribution in [0.4, 0.5) is 0 Å². The van der Waals surface area contributed by atoms with E-state index < -0.39 is 17.2 Å². The van der Waals surface area contributed by atoms with E-state index in [0.29, 0.717) is 5.56 Å². The van der Waals surface area contributed by atoms with Crippen LogP contribution in [0.3, 0.4) is 0 Å². The van der Waals surface area contributed by atoms with Gasteiger partial charge >= 0.3 is 11.7 Å². The summed E-state index contributed by atoms with van der Waals surface area (Å²) in [4.78, 5) is 39.8. The molecule has 0 aliphatic rings. The highest BCUT2D eigenvalue weighted by Gasteiger charge is 2.08. The van der Waals surface area contributed by atoms with Crippen molar-refractivity contribution in [3.63, 3.8) is 0 Å². The zero-order valence-corrected chi connectivity index (χ0v) is 13.6. The summed E-state index contributed by atoms with van der Waals surface area (Å²) in [5.41, 5.74) is 7.21. The number of benzene rings is 1. The number of nitrogens with zero attached hydrogens (tertiary/aromatic N) is 4. The SMILES string of the molecule is C=C(N=[N+]=[N-])c1cn(COCCOC(=O)c2ccccc2)c(=O)[nH]c1=O. The van der Waals surface area contributed by atoms with Crippen LogP contribution in [0.5, 0.6) is 0 Å². The molecular formula is C16H15N5O5. The number of ether oxygens (including phenoxy) is 2. The van der Waals surface area contributed by atoms with Gasteiger partial charge < -0.3 is 9.47 Å². The minimum Gasteiger partial charge on any atom is -0.460 e. The largest absolute Gasteiger partial charge is 0.460 e. The minimum absolute atomic E-state index is 0.00980. The first-order chi connectivity index (χ1) is 12.5. The molecule has 0 atom stereocenters. The van der Waals surface area contributed by atoms with Gasteiger partial charge in [-0.3, -0.25) is 14.3 Å². The van der Waals surface area contributed by atoms with Crippen molar-refractivity contribution in [1.29, 1.82) is 0 Å². The average molecular weight is 357 g/mol. The predicted octanol–water partition coefficient (Wildman–Crippen LogP) is 1.65. The fraction of sp³-hybridized carbons (Fsp3) is 0.188. The molecule has 0 aliphatic heterocycles. The number of carbonyl (C=O) groups is 1. The van der Waals surface area contributed by atoms with Gasteiger partial charge in [0.1, 0.15) is 13.3 Å². The summed E-state index contributed by atoms with van der Waals surface area (Å²) < 4.78 is 11.3. The number of H-pyrrole nitrogens is 1. The predicted molar refractivity (Wildman–Crippen MR) is 92.2 cm³/mol. The molecule has 1 heterocycles. The van der Waals surface area contributed by atoms with Gasteiger partial charge in [-0.05, 0) is 17.7 Å². The number of hydrogen-bond donors (Lipinski definition) is 1. The normalized spacial score (nSPS) is 10.0. The Morgan fingerprint density at radius 3 is 2.69 bits per heavy atom. The van der Waals surface area contributed by atoms with Crippen LogP contribution in [0, 0.1) is 0 Å². The molecule has 1 aromatic heterocycles. The molecule has 1 aromatic carbocycles. The maximum Gasteiger partial charge on any atom is 0.338 e. The van der Waals surface area contributed by atoms with Crippen molar-refractivity contribution in [1.82, 2.24) is 9.55 Å². The number of azide groups is 1. The van der Waals surface area contributed by atoms with Gasteiger partial charge in [0.25, 0.3) is 5.56 Å². The van der Waals surface area contributed by atoms with Crippen molar-refractivity contribution in [3.05, 3.63) is 85.5 Å². The summed E-state index contributed by atoms with van der Waals surface area (Å²) in [6.45, 7) is 3.28. The zero-order valence-electron chi connectivity index (χ0n) is 13.6. The third-order valence-electron chi connectivity index (χ3n) is 3.19. The average Bonchev–Trinajstić information content (AvgIpc) is 2.63. The highest BCUT2D eigenvalue weighted by molar-refractivity contribution is 5.89. The molecule has 10 nitrogen and oxygen atoms in total. The number of nitrogens with one attached hydrogen (secondary N) is 1. The summed E-state index contributed by atoms with van der Waals surface area (Å²) in [6.07, 6.45) is 1.17. The number of esters is 1. The number of rotatable bonds is 8. The van der Waals surface area contributed by atoms with E-state index in [1.165, 1.54) is 6.20 Å². The quantitative estimate of drug-likeness (QED) is 0.251. The number of aromatic nitrogens is 2. The molecule has 26 heavy (non-hydrogen) atoms. The van der Waals surface area contributed by atoms with Crippen molar-refractivity contribution >= 4 is 11.7 Å². The van der Waals surface area contributed by atoms with Crippen LogP contribution in [0.25, 0.3) is 16.1 Å². The Kier molecular flexibility index (Phi) is 6.49. The lowest BCUT2D eigenvalue weighted by molar-refractivity contribution is 0.0162. The number of aromatic amines is 1. The summed E-state index contributed by atoms with van der Waals surface area (Å²) in [5.74, 6) is -0.483. The van der Waals surface area contributed by atoms with Crippen molar-refractivity contribution in [2.75, 3.05) is 13.2 Å². The van der Waals surface area contributed by atoms with Crippen LogP contribution in [0.1, 0.15) is 15.9 Å². The Hall–Kier alpha value is -3.62. The van der Waals surface area contributed by atoms with Crippen LogP contribution < -0.4 is 11.2 Å². The zero-order chi connectivity index (χ0) is 18.9. The molecule has 0 bridgehead atoms. The molecule has 0 fully saturated rings. The van der Waals surface area contributed by atoms with E-state index in [-0.39, 0.29) is 31.2 Å². The van der Waals surface area contributed by atoms with E-state index in [2.05, 4.69) is 21.6 Å². The van der Waals surface area contributed by atoms with Crippen LogP contribution in [0.15, 0.2) is 57.8 Å². The van der Waals surface area contributed by atoms with Crippen LogP contribution in [-0.2, 0) is 16.2 Å². The Morgan fingerprint density at radius 1 is 1.27 bits per heavy atom. The maximum atomic E-state index is 11.7. The second kappa shape index (κ2) is 9.02. The minimum atomic E-state index is -0.722. The lowest BCUT2D eigenvalue weighted by Crippen LogP contribution is -2.32.